The predicted molar refractivity (Wildman–Crippen MR) is 90.5 cm³/mol. The third kappa shape index (κ3) is 3.61. The van der Waals surface area contributed by atoms with E-state index in [9.17, 15) is 18.0 Å². The third-order valence-electron chi connectivity index (χ3n) is 4.46. The third-order valence-corrected chi connectivity index (χ3v) is 4.46. The van der Waals surface area contributed by atoms with Crippen LogP contribution in [0.15, 0.2) is 42.5 Å². The fraction of sp³-hybridized carbons (Fsp3) is 0.316. The summed E-state index contributed by atoms with van der Waals surface area (Å²) in [4.78, 5) is 12.5. The van der Waals surface area contributed by atoms with E-state index in [1.165, 1.54) is 26.4 Å². The van der Waals surface area contributed by atoms with Crippen molar-refractivity contribution in [2.45, 2.75) is 18.5 Å². The number of hydrogen-bond acceptors (Lipinski definition) is 3. The molecule has 1 fully saturated rings. The molecule has 1 saturated carbocycles. The maximum absolute atomic E-state index is 13.2. The first-order valence-corrected chi connectivity index (χ1v) is 8.04. The number of nitrogens with one attached hydrogen (secondary N) is 1. The van der Waals surface area contributed by atoms with E-state index in [0.717, 1.165) is 6.07 Å². The first-order valence-electron chi connectivity index (χ1n) is 8.04. The van der Waals surface area contributed by atoms with E-state index in [1.54, 1.807) is 24.3 Å². The molecule has 0 heterocycles. The molecule has 2 aromatic carbocycles. The van der Waals surface area contributed by atoms with E-state index in [4.69, 9.17) is 9.47 Å². The second-order valence-corrected chi connectivity index (χ2v) is 6.09. The van der Waals surface area contributed by atoms with Gasteiger partial charge >= 0.3 is 6.18 Å². The Balaban J connectivity index is 1.75. The number of alkyl halides is 3. The lowest BCUT2D eigenvalue weighted by Gasteiger charge is -2.13. The molecule has 0 aliphatic heterocycles. The van der Waals surface area contributed by atoms with E-state index < -0.39 is 23.6 Å². The van der Waals surface area contributed by atoms with Gasteiger partial charge in [-0.1, -0.05) is 18.2 Å². The van der Waals surface area contributed by atoms with Gasteiger partial charge in [0, 0.05) is 12.0 Å². The smallest absolute Gasteiger partial charge is 0.416 e. The Morgan fingerprint density at radius 1 is 1.12 bits per heavy atom. The number of anilines is 1. The van der Waals surface area contributed by atoms with Gasteiger partial charge in [-0.15, -0.1) is 0 Å². The van der Waals surface area contributed by atoms with Crippen LogP contribution in [-0.4, -0.2) is 20.1 Å². The maximum Gasteiger partial charge on any atom is 0.416 e. The molecular formula is C19H18F3NO3. The van der Waals surface area contributed by atoms with Crippen molar-refractivity contribution < 1.29 is 27.4 Å². The van der Waals surface area contributed by atoms with E-state index in [2.05, 4.69) is 5.32 Å². The molecule has 1 aliphatic rings. The summed E-state index contributed by atoms with van der Waals surface area (Å²) in [5, 5.41) is 2.73. The number of methoxy groups -OCH3 is 2. The summed E-state index contributed by atoms with van der Waals surface area (Å²) in [6.45, 7) is 0. The predicted octanol–water partition coefficient (Wildman–Crippen LogP) is 4.46. The largest absolute Gasteiger partial charge is 0.497 e. The highest BCUT2D eigenvalue weighted by atomic mass is 19.4. The van der Waals surface area contributed by atoms with E-state index in [1.807, 2.05) is 0 Å². The highest BCUT2D eigenvalue weighted by Gasteiger charge is 2.47. The maximum atomic E-state index is 13.2. The summed E-state index contributed by atoms with van der Waals surface area (Å²) in [5.74, 6) is -0.258. The molecule has 0 spiro atoms. The average Bonchev–Trinajstić information content (AvgIpc) is 3.42. The van der Waals surface area contributed by atoms with Gasteiger partial charge in [-0.25, -0.2) is 0 Å². The minimum atomic E-state index is -4.43. The fourth-order valence-corrected chi connectivity index (χ4v) is 3.03. The zero-order valence-corrected chi connectivity index (χ0v) is 14.3. The van der Waals surface area contributed by atoms with Gasteiger partial charge in [0.25, 0.3) is 0 Å². The molecule has 2 unspecified atom stereocenters. The summed E-state index contributed by atoms with van der Waals surface area (Å²) >= 11 is 0. The van der Waals surface area contributed by atoms with Crippen molar-refractivity contribution in [3.8, 4) is 11.5 Å². The van der Waals surface area contributed by atoms with Gasteiger partial charge in [-0.05, 0) is 36.1 Å². The van der Waals surface area contributed by atoms with Gasteiger partial charge in [0.05, 0.1) is 25.5 Å². The molecule has 0 bridgehead atoms. The van der Waals surface area contributed by atoms with Crippen LogP contribution in [0.4, 0.5) is 18.9 Å². The lowest BCUT2D eigenvalue weighted by atomic mass is 10.0. The zero-order chi connectivity index (χ0) is 18.9. The molecule has 2 atom stereocenters. The lowest BCUT2D eigenvalue weighted by Crippen LogP contribution is -2.16. The number of rotatable bonds is 5. The Bertz CT molecular complexity index is 820. The number of benzene rings is 2. The molecule has 1 amide bonds. The van der Waals surface area contributed by atoms with Crippen LogP contribution in [0, 0.1) is 5.92 Å². The van der Waals surface area contributed by atoms with E-state index in [-0.39, 0.29) is 11.5 Å². The van der Waals surface area contributed by atoms with Crippen molar-refractivity contribution in [2.24, 2.45) is 5.92 Å². The molecule has 3 rings (SSSR count). The van der Waals surface area contributed by atoms with Crippen LogP contribution in [0.3, 0.4) is 0 Å². The number of carbonyl (C=O) groups is 1. The van der Waals surface area contributed by atoms with E-state index >= 15 is 0 Å². The van der Waals surface area contributed by atoms with E-state index in [0.29, 0.717) is 23.6 Å². The van der Waals surface area contributed by atoms with Crippen LogP contribution in [0.2, 0.25) is 0 Å². The monoisotopic (exact) mass is 365 g/mol. The Kier molecular flexibility index (Phi) is 4.80. The van der Waals surface area contributed by atoms with Crippen molar-refractivity contribution in [3.63, 3.8) is 0 Å². The Morgan fingerprint density at radius 3 is 2.50 bits per heavy atom. The molecule has 1 N–H and O–H groups in total. The fourth-order valence-electron chi connectivity index (χ4n) is 3.03. The molecule has 0 saturated heterocycles. The van der Waals surface area contributed by atoms with Crippen molar-refractivity contribution in [3.05, 3.63) is 53.6 Å². The van der Waals surface area contributed by atoms with Crippen molar-refractivity contribution >= 4 is 11.6 Å². The zero-order valence-electron chi connectivity index (χ0n) is 14.3. The van der Waals surface area contributed by atoms with Crippen LogP contribution in [0.5, 0.6) is 11.5 Å². The van der Waals surface area contributed by atoms with Crippen LogP contribution in [-0.2, 0) is 11.0 Å². The molecule has 26 heavy (non-hydrogen) atoms. The van der Waals surface area contributed by atoms with Crippen LogP contribution in [0.25, 0.3) is 0 Å². The lowest BCUT2D eigenvalue weighted by molar-refractivity contribution is -0.138. The highest BCUT2D eigenvalue weighted by molar-refractivity contribution is 5.96. The number of carbonyl (C=O) groups excluding carboxylic acids is 1. The van der Waals surface area contributed by atoms with Gasteiger partial charge < -0.3 is 14.8 Å². The van der Waals surface area contributed by atoms with Crippen molar-refractivity contribution in [1.82, 2.24) is 0 Å². The Labute approximate surface area is 148 Å². The minimum Gasteiger partial charge on any atom is -0.497 e. The van der Waals surface area contributed by atoms with Gasteiger partial charge in [-0.2, -0.15) is 13.2 Å². The quantitative estimate of drug-likeness (QED) is 0.851. The standard InChI is InChI=1S/C19H18F3NO3/c1-25-11-7-8-16(17(9-11)26-2)23-18(24)14-10-13(14)12-5-3-4-6-15(12)19(20,21)22/h3-9,13-14H,10H2,1-2H3,(H,23,24). The Morgan fingerprint density at radius 2 is 1.85 bits per heavy atom. The molecule has 138 valence electrons. The summed E-state index contributed by atoms with van der Waals surface area (Å²) in [7, 11) is 2.98. The van der Waals surface area contributed by atoms with Gasteiger partial charge in [0.2, 0.25) is 5.91 Å². The number of hydrogen-bond donors (Lipinski definition) is 1. The summed E-state index contributed by atoms with van der Waals surface area (Å²) in [6, 6.07) is 10.3. The normalized spacial score (nSPS) is 19.0. The van der Waals surface area contributed by atoms with Crippen LogP contribution < -0.4 is 14.8 Å². The number of ether oxygens (including phenoxy) is 2. The molecule has 0 radical (unpaired) electrons. The molecule has 7 heteroatoms. The second-order valence-electron chi connectivity index (χ2n) is 6.09. The first-order chi connectivity index (χ1) is 12.3. The minimum absolute atomic E-state index is 0.168. The first kappa shape index (κ1) is 18.1. The van der Waals surface area contributed by atoms with Crippen LogP contribution >= 0.6 is 0 Å². The number of halogens is 3. The molecule has 1 aliphatic carbocycles. The summed E-state index contributed by atoms with van der Waals surface area (Å²) in [5.41, 5.74) is -0.0581. The molecule has 4 nitrogen and oxygen atoms in total. The SMILES string of the molecule is COc1ccc(NC(=O)C2CC2c2ccccc2C(F)(F)F)c(OC)c1. The van der Waals surface area contributed by atoms with Crippen molar-refractivity contribution in [1.29, 1.82) is 0 Å². The van der Waals surface area contributed by atoms with Gasteiger partial charge in [-0.3, -0.25) is 4.79 Å². The number of amides is 1. The molecular weight excluding hydrogens is 347 g/mol. The van der Waals surface area contributed by atoms with Gasteiger partial charge in [0.15, 0.2) is 0 Å². The highest BCUT2D eigenvalue weighted by Crippen LogP contribution is 2.51. The Hall–Kier alpha value is -2.70. The molecule has 0 aromatic heterocycles. The van der Waals surface area contributed by atoms with Gasteiger partial charge in [0.1, 0.15) is 11.5 Å². The van der Waals surface area contributed by atoms with Crippen LogP contribution in [0.1, 0.15) is 23.5 Å². The molecule has 2 aromatic rings. The summed E-state index contributed by atoms with van der Waals surface area (Å²) < 4.78 is 49.8. The van der Waals surface area contributed by atoms with Crippen molar-refractivity contribution in [2.75, 3.05) is 19.5 Å². The summed E-state index contributed by atoms with van der Waals surface area (Å²) in [6.07, 6.45) is -4.04. The average molecular weight is 365 g/mol. The topological polar surface area (TPSA) is 47.6 Å². The second kappa shape index (κ2) is 6.90.